The normalized spacial score (nSPS) is 11.3. The Kier molecular flexibility index (Phi) is 3.72. The van der Waals surface area contributed by atoms with E-state index in [0.717, 1.165) is 11.4 Å². The lowest BCUT2D eigenvalue weighted by atomic mass is 10.3. The summed E-state index contributed by atoms with van der Waals surface area (Å²) in [5.41, 5.74) is 1.31. The molecule has 0 fully saturated rings. The molecule has 0 saturated heterocycles. The number of nitrogens with zero attached hydrogens (tertiary/aromatic N) is 3. The summed E-state index contributed by atoms with van der Waals surface area (Å²) in [6.07, 6.45) is 0. The summed E-state index contributed by atoms with van der Waals surface area (Å²) in [6, 6.07) is 6.11. The van der Waals surface area contributed by atoms with Crippen molar-refractivity contribution < 1.29 is 4.52 Å². The SMILES string of the molecule is CN(Cc1ccsc1)Cc1nc(-c2cccs2)no1. The first-order valence-corrected chi connectivity index (χ1v) is 7.69. The van der Waals surface area contributed by atoms with E-state index in [0.29, 0.717) is 18.3 Å². The highest BCUT2D eigenvalue weighted by Gasteiger charge is 2.11. The molecule has 3 aromatic heterocycles. The van der Waals surface area contributed by atoms with Crippen LogP contribution < -0.4 is 0 Å². The third-order valence-electron chi connectivity index (χ3n) is 2.65. The fourth-order valence-corrected chi connectivity index (χ4v) is 3.12. The fourth-order valence-electron chi connectivity index (χ4n) is 1.81. The summed E-state index contributed by atoms with van der Waals surface area (Å²) in [5.74, 6) is 1.33. The minimum atomic E-state index is 0.654. The molecule has 19 heavy (non-hydrogen) atoms. The van der Waals surface area contributed by atoms with Gasteiger partial charge in [0, 0.05) is 6.54 Å². The number of rotatable bonds is 5. The standard InChI is InChI=1S/C13H13N3OS2/c1-16(7-10-4-6-18-9-10)8-12-14-13(15-17-12)11-3-2-5-19-11/h2-6,9H,7-8H2,1H3. The Hall–Kier alpha value is -1.50. The molecule has 0 radical (unpaired) electrons. The van der Waals surface area contributed by atoms with Gasteiger partial charge in [-0.3, -0.25) is 4.90 Å². The van der Waals surface area contributed by atoms with Crippen molar-refractivity contribution in [1.82, 2.24) is 15.0 Å². The Morgan fingerprint density at radius 3 is 2.95 bits per heavy atom. The minimum absolute atomic E-state index is 0.654. The average Bonchev–Trinajstić information content (AvgIpc) is 3.09. The number of thiophene rings is 2. The van der Waals surface area contributed by atoms with Gasteiger partial charge in [0.1, 0.15) is 0 Å². The van der Waals surface area contributed by atoms with E-state index in [1.165, 1.54) is 5.56 Å². The highest BCUT2D eigenvalue weighted by atomic mass is 32.1. The van der Waals surface area contributed by atoms with Crippen LogP contribution in [0.5, 0.6) is 0 Å². The van der Waals surface area contributed by atoms with Crippen LogP contribution in [0.25, 0.3) is 10.7 Å². The Balaban J connectivity index is 1.64. The van der Waals surface area contributed by atoms with Gasteiger partial charge < -0.3 is 4.52 Å². The van der Waals surface area contributed by atoms with E-state index < -0.39 is 0 Å². The van der Waals surface area contributed by atoms with E-state index in [9.17, 15) is 0 Å². The van der Waals surface area contributed by atoms with Gasteiger partial charge in [0.25, 0.3) is 0 Å². The van der Waals surface area contributed by atoms with E-state index in [1.54, 1.807) is 22.7 Å². The van der Waals surface area contributed by atoms with Gasteiger partial charge >= 0.3 is 0 Å². The number of hydrogen-bond donors (Lipinski definition) is 0. The summed E-state index contributed by atoms with van der Waals surface area (Å²) in [4.78, 5) is 7.61. The quantitative estimate of drug-likeness (QED) is 0.721. The van der Waals surface area contributed by atoms with Gasteiger partial charge in [-0.15, -0.1) is 11.3 Å². The maximum atomic E-state index is 5.28. The van der Waals surface area contributed by atoms with Crippen molar-refractivity contribution in [2.45, 2.75) is 13.1 Å². The lowest BCUT2D eigenvalue weighted by molar-refractivity contribution is 0.261. The molecule has 0 aliphatic heterocycles. The van der Waals surface area contributed by atoms with Gasteiger partial charge in [-0.1, -0.05) is 11.2 Å². The summed E-state index contributed by atoms with van der Waals surface area (Å²) in [6.45, 7) is 1.55. The zero-order valence-corrected chi connectivity index (χ0v) is 12.1. The van der Waals surface area contributed by atoms with E-state index in [2.05, 4.69) is 31.9 Å². The van der Waals surface area contributed by atoms with Gasteiger partial charge in [0.15, 0.2) is 0 Å². The molecule has 3 aromatic rings. The van der Waals surface area contributed by atoms with Gasteiger partial charge in [-0.05, 0) is 40.9 Å². The van der Waals surface area contributed by atoms with Gasteiger partial charge in [-0.25, -0.2) is 0 Å². The summed E-state index contributed by atoms with van der Waals surface area (Å²) >= 11 is 3.33. The molecule has 0 spiro atoms. The predicted octanol–water partition coefficient (Wildman–Crippen LogP) is 3.49. The van der Waals surface area contributed by atoms with E-state index in [4.69, 9.17) is 4.52 Å². The molecular weight excluding hydrogens is 278 g/mol. The summed E-state index contributed by atoms with van der Waals surface area (Å²) in [5, 5.41) is 10.3. The molecule has 98 valence electrons. The molecule has 0 amide bonds. The van der Waals surface area contributed by atoms with Crippen molar-refractivity contribution in [2.75, 3.05) is 7.05 Å². The third-order valence-corrected chi connectivity index (χ3v) is 4.25. The first-order valence-electron chi connectivity index (χ1n) is 5.87. The molecule has 0 aliphatic carbocycles. The van der Waals surface area contributed by atoms with Crippen LogP contribution in [0.15, 0.2) is 38.9 Å². The maximum Gasteiger partial charge on any atom is 0.241 e. The van der Waals surface area contributed by atoms with Crippen LogP contribution in [0, 0.1) is 0 Å². The van der Waals surface area contributed by atoms with Crippen molar-refractivity contribution in [1.29, 1.82) is 0 Å². The molecule has 3 rings (SSSR count). The summed E-state index contributed by atoms with van der Waals surface area (Å²) in [7, 11) is 2.05. The molecule has 0 aromatic carbocycles. The molecule has 0 N–H and O–H groups in total. The van der Waals surface area contributed by atoms with E-state index in [-0.39, 0.29) is 0 Å². The second-order valence-electron chi connectivity index (χ2n) is 4.29. The molecule has 0 aliphatic rings. The topological polar surface area (TPSA) is 42.2 Å². The maximum absolute atomic E-state index is 5.28. The molecule has 0 bridgehead atoms. The predicted molar refractivity (Wildman–Crippen MR) is 77.1 cm³/mol. The van der Waals surface area contributed by atoms with Gasteiger partial charge in [0.2, 0.25) is 11.7 Å². The average molecular weight is 291 g/mol. The van der Waals surface area contributed by atoms with Crippen molar-refractivity contribution in [3.63, 3.8) is 0 Å². The zero-order chi connectivity index (χ0) is 13.1. The minimum Gasteiger partial charge on any atom is -0.338 e. The Morgan fingerprint density at radius 2 is 2.21 bits per heavy atom. The van der Waals surface area contributed by atoms with Crippen molar-refractivity contribution in [2.24, 2.45) is 0 Å². The fraction of sp³-hybridized carbons (Fsp3) is 0.231. The second-order valence-corrected chi connectivity index (χ2v) is 6.02. The molecule has 6 heteroatoms. The highest BCUT2D eigenvalue weighted by Crippen LogP contribution is 2.21. The van der Waals surface area contributed by atoms with Crippen LogP contribution >= 0.6 is 22.7 Å². The lowest BCUT2D eigenvalue weighted by Crippen LogP contribution is -2.16. The molecule has 0 atom stereocenters. The summed E-state index contributed by atoms with van der Waals surface area (Å²) < 4.78 is 5.28. The lowest BCUT2D eigenvalue weighted by Gasteiger charge is -2.12. The molecule has 0 saturated carbocycles. The third kappa shape index (κ3) is 3.09. The van der Waals surface area contributed by atoms with E-state index >= 15 is 0 Å². The number of hydrogen-bond acceptors (Lipinski definition) is 6. The van der Waals surface area contributed by atoms with Crippen LogP contribution in [-0.4, -0.2) is 22.1 Å². The van der Waals surface area contributed by atoms with Gasteiger partial charge in [-0.2, -0.15) is 16.3 Å². The molecular formula is C13H13N3OS2. The number of aromatic nitrogens is 2. The molecule has 4 nitrogen and oxygen atoms in total. The second kappa shape index (κ2) is 5.64. The van der Waals surface area contributed by atoms with Crippen LogP contribution in [0.2, 0.25) is 0 Å². The highest BCUT2D eigenvalue weighted by molar-refractivity contribution is 7.13. The van der Waals surface area contributed by atoms with Crippen LogP contribution in [0.1, 0.15) is 11.5 Å². The first-order chi connectivity index (χ1) is 9.31. The van der Waals surface area contributed by atoms with Gasteiger partial charge in [0.05, 0.1) is 11.4 Å². The van der Waals surface area contributed by atoms with Crippen molar-refractivity contribution >= 4 is 22.7 Å². The van der Waals surface area contributed by atoms with E-state index in [1.807, 2.05) is 24.6 Å². The molecule has 3 heterocycles. The Labute approximate surface area is 119 Å². The van der Waals surface area contributed by atoms with Crippen LogP contribution in [0.3, 0.4) is 0 Å². The Morgan fingerprint density at radius 1 is 1.26 bits per heavy atom. The van der Waals surface area contributed by atoms with Crippen molar-refractivity contribution in [3.05, 3.63) is 45.8 Å². The van der Waals surface area contributed by atoms with Crippen molar-refractivity contribution in [3.8, 4) is 10.7 Å². The Bertz CT molecular complexity index is 616. The smallest absolute Gasteiger partial charge is 0.241 e. The monoisotopic (exact) mass is 291 g/mol. The zero-order valence-electron chi connectivity index (χ0n) is 10.4. The van der Waals surface area contributed by atoms with Crippen LogP contribution in [0.4, 0.5) is 0 Å². The van der Waals surface area contributed by atoms with Crippen LogP contribution in [-0.2, 0) is 13.1 Å². The molecule has 0 unspecified atom stereocenters. The largest absolute Gasteiger partial charge is 0.338 e. The first kappa shape index (κ1) is 12.5.